The van der Waals surface area contributed by atoms with E-state index in [0.29, 0.717) is 0 Å². The Morgan fingerprint density at radius 2 is 1.21 bits per heavy atom. The lowest BCUT2D eigenvalue weighted by molar-refractivity contribution is 0.327. The molecule has 33 heavy (non-hydrogen) atoms. The lowest BCUT2D eigenvalue weighted by atomic mass is 9.96. The smallest absolute Gasteiger partial charge is 0.186 e. The van der Waals surface area contributed by atoms with Gasteiger partial charge in [-0.1, -0.05) is 0 Å². The number of anilines is 2. The van der Waals surface area contributed by atoms with Crippen molar-refractivity contribution in [1.82, 2.24) is 0 Å². The van der Waals surface area contributed by atoms with Gasteiger partial charge in [-0.2, -0.15) is 0 Å². The Hall–Kier alpha value is -1.81. The number of nitrogen functional groups attached to an aromatic ring is 2. The molecule has 0 amide bonds. The average molecular weight is 489 g/mol. The van der Waals surface area contributed by atoms with Crippen LogP contribution >= 0.6 is 0 Å². The summed E-state index contributed by atoms with van der Waals surface area (Å²) in [6.45, 7) is 14.9. The third kappa shape index (κ3) is 9.16. The molecule has 0 fully saturated rings. The lowest BCUT2D eigenvalue weighted by Crippen LogP contribution is -2.30. The van der Waals surface area contributed by atoms with E-state index in [0.717, 1.165) is 73.9 Å². The van der Waals surface area contributed by atoms with Crippen molar-refractivity contribution in [1.29, 1.82) is 0 Å². The van der Waals surface area contributed by atoms with Gasteiger partial charge in [0.1, 0.15) is 11.5 Å². The van der Waals surface area contributed by atoms with E-state index in [-0.39, 0.29) is 0 Å². The predicted octanol–water partition coefficient (Wildman–Crippen LogP) is 6.99. The summed E-state index contributed by atoms with van der Waals surface area (Å²) in [5.74, 6) is 1.68. The molecule has 2 rings (SSSR count). The molecule has 2 aromatic carbocycles. The highest BCUT2D eigenvalue weighted by molar-refractivity contribution is 6.71. The lowest BCUT2D eigenvalue weighted by Gasteiger charge is -2.24. The maximum absolute atomic E-state index is 6.51. The Balaban J connectivity index is 2.26. The maximum Gasteiger partial charge on any atom is 0.186 e. The molecule has 2 aromatic rings. The minimum Gasteiger partial charge on any atom is -0.457 e. The summed E-state index contributed by atoms with van der Waals surface area (Å²) in [5.41, 5.74) is 16.4. The van der Waals surface area contributed by atoms with Crippen molar-refractivity contribution in [2.45, 2.75) is 77.8 Å². The fourth-order valence-electron chi connectivity index (χ4n) is 4.32. The van der Waals surface area contributed by atoms with Crippen LogP contribution in [0.3, 0.4) is 0 Å². The first-order valence-electron chi connectivity index (χ1n) is 12.3. The number of hydrogen-bond acceptors (Lipinski definition) is 5. The Morgan fingerprint density at radius 3 is 1.73 bits per heavy atom. The Morgan fingerprint density at radius 1 is 0.697 bits per heavy atom. The van der Waals surface area contributed by atoms with E-state index in [1.165, 1.54) is 11.1 Å². The van der Waals surface area contributed by atoms with Gasteiger partial charge in [-0.3, -0.25) is 0 Å². The van der Waals surface area contributed by atoms with Crippen LogP contribution in [0, 0.1) is 0 Å². The highest BCUT2D eigenvalue weighted by atomic mass is 28.4. The van der Waals surface area contributed by atoms with Gasteiger partial charge in [0.15, 0.2) is 16.6 Å². The highest BCUT2D eigenvalue weighted by Crippen LogP contribution is 2.34. The minimum absolute atomic E-state index is 0.727. The first-order chi connectivity index (χ1) is 15.6. The number of nitrogens with two attached hydrogens (primary N) is 2. The third-order valence-corrected chi connectivity index (χ3v) is 11.3. The molecule has 0 bridgehead atoms. The minimum atomic E-state index is -1.64. The van der Waals surface area contributed by atoms with Crippen LogP contribution < -0.4 is 16.2 Å². The SMILES string of the molecule is CCO[Si](C)(C)CCCc1c(N)ccc(Oc2ccc(N)cc2)c1CCC[Si](C)(C)OCC. The molecular formula is C26H44N2O3Si2. The van der Waals surface area contributed by atoms with Gasteiger partial charge in [0, 0.05) is 30.2 Å². The van der Waals surface area contributed by atoms with Crippen LogP contribution in [0.2, 0.25) is 38.3 Å². The standard InChI is InChI=1S/C26H44N2O3Si2/c1-7-29-32(3,4)19-9-11-23-24(12-10-20-33(5,6)30-8-2)26(18-17-25(23)28)31-22-15-13-21(27)14-16-22/h13-18H,7-12,19-20,27-28H2,1-6H3. The van der Waals surface area contributed by atoms with Crippen LogP contribution in [0.4, 0.5) is 11.4 Å². The number of rotatable bonds is 14. The first kappa shape index (κ1) is 27.4. The van der Waals surface area contributed by atoms with Crippen LogP contribution in [-0.4, -0.2) is 29.8 Å². The monoisotopic (exact) mass is 488 g/mol. The van der Waals surface area contributed by atoms with Gasteiger partial charge >= 0.3 is 0 Å². The van der Waals surface area contributed by atoms with E-state index in [4.69, 9.17) is 25.1 Å². The van der Waals surface area contributed by atoms with Crippen LogP contribution in [0.5, 0.6) is 11.5 Å². The molecule has 0 saturated heterocycles. The molecule has 0 heterocycles. The van der Waals surface area contributed by atoms with Crippen molar-refractivity contribution in [2.24, 2.45) is 0 Å². The predicted molar refractivity (Wildman–Crippen MR) is 146 cm³/mol. The van der Waals surface area contributed by atoms with Crippen molar-refractivity contribution in [2.75, 3.05) is 24.7 Å². The summed E-state index contributed by atoms with van der Waals surface area (Å²) < 4.78 is 18.4. The molecule has 4 N–H and O–H groups in total. The zero-order chi connectivity index (χ0) is 24.5. The molecule has 0 spiro atoms. The molecule has 0 unspecified atom stereocenters. The zero-order valence-electron chi connectivity index (χ0n) is 21.5. The van der Waals surface area contributed by atoms with E-state index in [1.54, 1.807) is 0 Å². The Bertz CT molecular complexity index is 871. The molecule has 0 aliphatic heterocycles. The molecule has 184 valence electrons. The second-order valence-electron chi connectivity index (χ2n) is 9.87. The fourth-order valence-corrected chi connectivity index (χ4v) is 8.23. The van der Waals surface area contributed by atoms with Gasteiger partial charge in [0.2, 0.25) is 0 Å². The van der Waals surface area contributed by atoms with E-state index >= 15 is 0 Å². The molecule has 0 aliphatic rings. The van der Waals surface area contributed by atoms with Gasteiger partial charge in [-0.05, 0) is 120 Å². The van der Waals surface area contributed by atoms with Crippen molar-refractivity contribution in [3.05, 3.63) is 47.5 Å². The second kappa shape index (κ2) is 12.6. The molecule has 0 aliphatic carbocycles. The van der Waals surface area contributed by atoms with Crippen molar-refractivity contribution < 1.29 is 13.6 Å². The fraction of sp³-hybridized carbons (Fsp3) is 0.538. The van der Waals surface area contributed by atoms with E-state index in [2.05, 4.69) is 40.0 Å². The van der Waals surface area contributed by atoms with Crippen molar-refractivity contribution in [3.8, 4) is 11.5 Å². The Kier molecular flexibility index (Phi) is 10.5. The van der Waals surface area contributed by atoms with Crippen molar-refractivity contribution >= 4 is 28.0 Å². The van der Waals surface area contributed by atoms with Crippen LogP contribution in [0.15, 0.2) is 36.4 Å². The van der Waals surface area contributed by atoms with Gasteiger partial charge in [-0.25, -0.2) is 0 Å². The van der Waals surface area contributed by atoms with Crippen molar-refractivity contribution in [3.63, 3.8) is 0 Å². The van der Waals surface area contributed by atoms with Gasteiger partial charge in [0.05, 0.1) is 0 Å². The third-order valence-electron chi connectivity index (χ3n) is 6.01. The van der Waals surface area contributed by atoms with Crippen LogP contribution in [0.25, 0.3) is 0 Å². The molecular weight excluding hydrogens is 444 g/mol. The Labute approximate surface area is 203 Å². The number of ether oxygens (including phenoxy) is 1. The highest BCUT2D eigenvalue weighted by Gasteiger charge is 2.24. The number of hydrogen-bond donors (Lipinski definition) is 2. The zero-order valence-corrected chi connectivity index (χ0v) is 23.5. The molecule has 0 radical (unpaired) electrons. The average Bonchev–Trinajstić information content (AvgIpc) is 2.73. The van der Waals surface area contributed by atoms with Crippen LogP contribution in [0.1, 0.15) is 37.8 Å². The topological polar surface area (TPSA) is 79.7 Å². The van der Waals surface area contributed by atoms with E-state index < -0.39 is 16.6 Å². The largest absolute Gasteiger partial charge is 0.457 e. The van der Waals surface area contributed by atoms with Gasteiger partial charge < -0.3 is 25.1 Å². The summed E-state index contributed by atoms with van der Waals surface area (Å²) >= 11 is 0. The summed E-state index contributed by atoms with van der Waals surface area (Å²) in [4.78, 5) is 0. The summed E-state index contributed by atoms with van der Waals surface area (Å²) in [6, 6.07) is 13.8. The normalized spacial score (nSPS) is 12.2. The second-order valence-corrected chi connectivity index (χ2v) is 18.5. The summed E-state index contributed by atoms with van der Waals surface area (Å²) in [5, 5.41) is 0. The maximum atomic E-state index is 6.51. The molecule has 5 nitrogen and oxygen atoms in total. The van der Waals surface area contributed by atoms with Crippen LogP contribution in [-0.2, 0) is 21.7 Å². The first-order valence-corrected chi connectivity index (χ1v) is 18.5. The quantitative estimate of drug-likeness (QED) is 0.221. The van der Waals surface area contributed by atoms with Gasteiger partial charge in [0.25, 0.3) is 0 Å². The molecule has 0 saturated carbocycles. The van der Waals surface area contributed by atoms with Gasteiger partial charge in [-0.15, -0.1) is 0 Å². The summed E-state index contributed by atoms with van der Waals surface area (Å²) in [6.07, 6.45) is 4.00. The molecule has 0 aromatic heterocycles. The molecule has 7 heteroatoms. The molecule has 0 atom stereocenters. The van der Waals surface area contributed by atoms with E-state index in [9.17, 15) is 0 Å². The summed E-state index contributed by atoms with van der Waals surface area (Å²) in [7, 11) is -3.27. The van der Waals surface area contributed by atoms with E-state index in [1.807, 2.05) is 36.4 Å². The number of benzene rings is 2.